The van der Waals surface area contributed by atoms with Crippen molar-refractivity contribution < 1.29 is 8.42 Å². The van der Waals surface area contributed by atoms with Crippen LogP contribution in [0.15, 0.2) is 47.4 Å². The van der Waals surface area contributed by atoms with Gasteiger partial charge in [-0.25, -0.2) is 8.42 Å². The van der Waals surface area contributed by atoms with Crippen LogP contribution >= 0.6 is 23.2 Å². The summed E-state index contributed by atoms with van der Waals surface area (Å²) >= 11 is 12.4. The summed E-state index contributed by atoms with van der Waals surface area (Å²) in [7, 11) is -3.79. The number of fused-ring (bicyclic) bond motifs is 1. The molecule has 0 aliphatic heterocycles. The molecule has 7 heteroatoms. The lowest BCUT2D eigenvalue weighted by Gasteiger charge is -2.13. The SMILES string of the molecule is Cc1ccc(S(=O)(=O)Nc2c(Cl)cc(Cl)c3ccc(C)nc23)cc1. The third-order valence-corrected chi connectivity index (χ3v) is 5.56. The number of rotatable bonds is 3. The van der Waals surface area contributed by atoms with Crippen LogP contribution < -0.4 is 4.72 Å². The maximum Gasteiger partial charge on any atom is 0.262 e. The zero-order valence-electron chi connectivity index (χ0n) is 13.0. The summed E-state index contributed by atoms with van der Waals surface area (Å²) in [6.07, 6.45) is 0. The van der Waals surface area contributed by atoms with Gasteiger partial charge in [-0.05, 0) is 44.2 Å². The van der Waals surface area contributed by atoms with Gasteiger partial charge in [-0.1, -0.05) is 40.9 Å². The Morgan fingerprint density at radius 1 is 0.958 bits per heavy atom. The number of nitrogens with zero attached hydrogens (tertiary/aromatic N) is 1. The van der Waals surface area contributed by atoms with Crippen molar-refractivity contribution in [2.45, 2.75) is 18.7 Å². The van der Waals surface area contributed by atoms with Crippen LogP contribution in [0, 0.1) is 13.8 Å². The van der Waals surface area contributed by atoms with Gasteiger partial charge in [-0.3, -0.25) is 9.71 Å². The first kappa shape index (κ1) is 17.0. The van der Waals surface area contributed by atoms with E-state index in [0.717, 1.165) is 11.3 Å². The molecule has 0 bridgehead atoms. The fourth-order valence-electron chi connectivity index (χ4n) is 2.32. The molecule has 124 valence electrons. The van der Waals surface area contributed by atoms with Gasteiger partial charge < -0.3 is 0 Å². The Morgan fingerprint density at radius 2 is 1.62 bits per heavy atom. The van der Waals surface area contributed by atoms with Gasteiger partial charge in [0.1, 0.15) is 0 Å². The average Bonchev–Trinajstić information content (AvgIpc) is 2.51. The molecule has 0 spiro atoms. The zero-order chi connectivity index (χ0) is 17.5. The normalized spacial score (nSPS) is 11.7. The lowest BCUT2D eigenvalue weighted by Crippen LogP contribution is -2.14. The van der Waals surface area contributed by atoms with Crippen molar-refractivity contribution in [2.24, 2.45) is 0 Å². The molecule has 0 radical (unpaired) electrons. The van der Waals surface area contributed by atoms with Gasteiger partial charge >= 0.3 is 0 Å². The fraction of sp³-hybridized carbons (Fsp3) is 0.118. The van der Waals surface area contributed by atoms with E-state index in [2.05, 4.69) is 9.71 Å². The van der Waals surface area contributed by atoms with E-state index in [1.165, 1.54) is 6.07 Å². The van der Waals surface area contributed by atoms with E-state index in [9.17, 15) is 8.42 Å². The molecule has 4 nitrogen and oxygen atoms in total. The number of pyridine rings is 1. The summed E-state index contributed by atoms with van der Waals surface area (Å²) in [4.78, 5) is 4.55. The van der Waals surface area contributed by atoms with Gasteiger partial charge in [0, 0.05) is 11.1 Å². The standard InChI is InChI=1S/C17H14Cl2N2O2S/c1-10-3-6-12(7-4-10)24(22,23)21-17-15(19)9-14(18)13-8-5-11(2)20-16(13)17/h3-9,21H,1-2H3. The Balaban J connectivity index is 2.16. The summed E-state index contributed by atoms with van der Waals surface area (Å²) in [5.74, 6) is 0. The molecule has 0 aliphatic carbocycles. The highest BCUT2D eigenvalue weighted by molar-refractivity contribution is 7.92. The molecule has 0 saturated heterocycles. The van der Waals surface area contributed by atoms with Crippen molar-refractivity contribution in [2.75, 3.05) is 4.72 Å². The number of halogens is 2. The average molecular weight is 381 g/mol. The van der Waals surface area contributed by atoms with Crippen LogP contribution in [0.5, 0.6) is 0 Å². The maximum atomic E-state index is 12.6. The van der Waals surface area contributed by atoms with Crippen LogP contribution in [0.25, 0.3) is 10.9 Å². The topological polar surface area (TPSA) is 59.1 Å². The van der Waals surface area contributed by atoms with Gasteiger partial charge in [-0.15, -0.1) is 0 Å². The highest BCUT2D eigenvalue weighted by Gasteiger charge is 2.19. The fourth-order valence-corrected chi connectivity index (χ4v) is 4.03. The first-order valence-corrected chi connectivity index (χ1v) is 9.37. The monoisotopic (exact) mass is 380 g/mol. The van der Waals surface area contributed by atoms with Crippen molar-refractivity contribution in [3.63, 3.8) is 0 Å². The van der Waals surface area contributed by atoms with Crippen molar-refractivity contribution >= 4 is 49.8 Å². The first-order valence-electron chi connectivity index (χ1n) is 7.13. The summed E-state index contributed by atoms with van der Waals surface area (Å²) in [5, 5.41) is 1.25. The molecule has 0 saturated carbocycles. The molecule has 1 aromatic heterocycles. The van der Waals surface area contributed by atoms with Gasteiger partial charge in [0.15, 0.2) is 0 Å². The molecule has 2 aromatic carbocycles. The minimum Gasteiger partial charge on any atom is -0.276 e. The second-order valence-electron chi connectivity index (χ2n) is 5.48. The molecule has 3 aromatic rings. The summed E-state index contributed by atoms with van der Waals surface area (Å²) < 4.78 is 27.8. The largest absolute Gasteiger partial charge is 0.276 e. The minimum atomic E-state index is -3.79. The first-order chi connectivity index (χ1) is 11.3. The van der Waals surface area contributed by atoms with Crippen LogP contribution in [0.1, 0.15) is 11.3 Å². The molecule has 0 aliphatic rings. The van der Waals surface area contributed by atoms with Crippen LogP contribution in [0.3, 0.4) is 0 Å². The highest BCUT2D eigenvalue weighted by Crippen LogP contribution is 2.36. The van der Waals surface area contributed by atoms with E-state index >= 15 is 0 Å². The van der Waals surface area contributed by atoms with Crippen LogP contribution in [-0.2, 0) is 10.0 Å². The molecular weight excluding hydrogens is 367 g/mol. The number of hydrogen-bond donors (Lipinski definition) is 1. The molecule has 0 fully saturated rings. The molecule has 1 heterocycles. The smallest absolute Gasteiger partial charge is 0.262 e. The molecule has 1 N–H and O–H groups in total. The quantitative estimate of drug-likeness (QED) is 0.698. The predicted octanol–water partition coefficient (Wildman–Crippen LogP) is 4.96. The van der Waals surface area contributed by atoms with Crippen molar-refractivity contribution in [3.8, 4) is 0 Å². The third-order valence-electron chi connectivity index (χ3n) is 3.59. The Hall–Kier alpha value is -1.82. The van der Waals surface area contributed by atoms with Gasteiger partial charge in [-0.2, -0.15) is 0 Å². The number of aromatic nitrogens is 1. The van der Waals surface area contributed by atoms with E-state index in [0.29, 0.717) is 15.9 Å². The van der Waals surface area contributed by atoms with Crippen LogP contribution in [0.4, 0.5) is 5.69 Å². The van der Waals surface area contributed by atoms with E-state index in [1.54, 1.807) is 36.4 Å². The molecular formula is C17H14Cl2N2O2S. The molecule has 0 unspecified atom stereocenters. The van der Waals surface area contributed by atoms with E-state index in [1.807, 2.05) is 13.8 Å². The summed E-state index contributed by atoms with van der Waals surface area (Å²) in [6, 6.07) is 11.7. The molecule has 24 heavy (non-hydrogen) atoms. The minimum absolute atomic E-state index is 0.153. The Kier molecular flexibility index (Phi) is 4.42. The maximum absolute atomic E-state index is 12.6. The van der Waals surface area contributed by atoms with Crippen molar-refractivity contribution in [1.82, 2.24) is 4.98 Å². The van der Waals surface area contributed by atoms with E-state index in [-0.39, 0.29) is 15.6 Å². The van der Waals surface area contributed by atoms with Crippen LogP contribution in [-0.4, -0.2) is 13.4 Å². The number of sulfonamides is 1. The Labute approximate surface area is 150 Å². The lowest BCUT2D eigenvalue weighted by atomic mass is 10.2. The molecule has 0 atom stereocenters. The van der Waals surface area contributed by atoms with Gasteiger partial charge in [0.2, 0.25) is 0 Å². The van der Waals surface area contributed by atoms with E-state index in [4.69, 9.17) is 23.2 Å². The lowest BCUT2D eigenvalue weighted by molar-refractivity contribution is 0.601. The summed E-state index contributed by atoms with van der Waals surface area (Å²) in [5.41, 5.74) is 2.35. The van der Waals surface area contributed by atoms with Gasteiger partial charge in [0.05, 0.1) is 26.1 Å². The van der Waals surface area contributed by atoms with Crippen LogP contribution in [0.2, 0.25) is 10.0 Å². The van der Waals surface area contributed by atoms with Crippen molar-refractivity contribution in [3.05, 3.63) is 63.8 Å². The number of aryl methyl sites for hydroxylation is 2. The molecule has 3 rings (SSSR count). The predicted molar refractivity (Wildman–Crippen MR) is 98.5 cm³/mol. The number of benzene rings is 2. The molecule has 0 amide bonds. The zero-order valence-corrected chi connectivity index (χ0v) is 15.3. The number of hydrogen-bond acceptors (Lipinski definition) is 3. The van der Waals surface area contributed by atoms with E-state index < -0.39 is 10.0 Å². The van der Waals surface area contributed by atoms with Gasteiger partial charge in [0.25, 0.3) is 10.0 Å². The number of anilines is 1. The summed E-state index contributed by atoms with van der Waals surface area (Å²) in [6.45, 7) is 3.70. The highest BCUT2D eigenvalue weighted by atomic mass is 35.5. The third kappa shape index (κ3) is 3.20. The second kappa shape index (κ2) is 6.24. The van der Waals surface area contributed by atoms with Crippen molar-refractivity contribution in [1.29, 1.82) is 0 Å². The Morgan fingerprint density at radius 3 is 2.29 bits per heavy atom. The number of nitrogens with one attached hydrogen (secondary N) is 1. The second-order valence-corrected chi connectivity index (χ2v) is 7.98. The Bertz CT molecular complexity index is 1030.